The van der Waals surface area contributed by atoms with Gasteiger partial charge in [-0.05, 0) is 95.5 Å². The van der Waals surface area contributed by atoms with Crippen LogP contribution in [0.2, 0.25) is 0 Å². The fourth-order valence-corrected chi connectivity index (χ4v) is 7.67. The Hall–Kier alpha value is -6.43. The van der Waals surface area contributed by atoms with Crippen LogP contribution in [0.25, 0.3) is 87.6 Å². The predicted molar refractivity (Wildman–Crippen MR) is 194 cm³/mol. The molecule has 0 aliphatic carbocycles. The van der Waals surface area contributed by atoms with Crippen LogP contribution < -0.4 is 4.74 Å². The molecular formula is C45H25NO. The van der Waals surface area contributed by atoms with Crippen molar-refractivity contribution in [3.63, 3.8) is 0 Å². The number of rotatable bonds is 3. The van der Waals surface area contributed by atoms with Gasteiger partial charge in [0.15, 0.2) is 0 Å². The summed E-state index contributed by atoms with van der Waals surface area (Å²) in [7, 11) is 0. The van der Waals surface area contributed by atoms with Crippen LogP contribution in [0.15, 0.2) is 152 Å². The third-order valence-electron chi connectivity index (χ3n) is 9.89. The van der Waals surface area contributed by atoms with Crippen molar-refractivity contribution in [2.45, 2.75) is 0 Å². The second kappa shape index (κ2) is 9.78. The van der Waals surface area contributed by atoms with Gasteiger partial charge in [-0.3, -0.25) is 0 Å². The standard InChI is InChI=1S/C45H25NO/c46-26-33-18-24-42-45-36(33)7-4-8-37(45)40-25-32(17-23-41(40)47-42)27-9-11-29(12-10-27)35-20-14-31-15-21-38-34(28-5-2-1-3-6-28)19-13-30-16-22-39(35)44(31)43(30)38/h1-25H. The molecular weight excluding hydrogens is 571 g/mol. The Morgan fingerprint density at radius 1 is 0.383 bits per heavy atom. The quantitative estimate of drug-likeness (QED) is 0.190. The SMILES string of the molecule is N#Cc1ccc2c3c(cccc13)-c1cc(-c3ccc(-c4ccc5ccc6c(-c7ccccc7)ccc7ccc4c5c76)cc3)ccc1O2. The van der Waals surface area contributed by atoms with Gasteiger partial charge < -0.3 is 4.74 Å². The molecule has 1 heterocycles. The number of nitrogens with zero attached hydrogens (tertiary/aromatic N) is 1. The lowest BCUT2D eigenvalue weighted by Gasteiger charge is -2.22. The highest BCUT2D eigenvalue weighted by Gasteiger charge is 2.22. The van der Waals surface area contributed by atoms with E-state index in [2.05, 4.69) is 133 Å². The summed E-state index contributed by atoms with van der Waals surface area (Å²) in [5, 5.41) is 19.4. The van der Waals surface area contributed by atoms with Crippen LogP contribution in [0.1, 0.15) is 5.56 Å². The Morgan fingerprint density at radius 2 is 1.00 bits per heavy atom. The van der Waals surface area contributed by atoms with E-state index in [1.807, 2.05) is 24.3 Å². The van der Waals surface area contributed by atoms with Crippen molar-refractivity contribution in [3.8, 4) is 62.1 Å². The molecule has 0 saturated carbocycles. The molecule has 0 fully saturated rings. The van der Waals surface area contributed by atoms with E-state index in [1.165, 1.54) is 54.6 Å². The summed E-state index contributed by atoms with van der Waals surface area (Å²) in [6.07, 6.45) is 0. The maximum Gasteiger partial charge on any atom is 0.136 e. The molecule has 1 aliphatic rings. The van der Waals surface area contributed by atoms with Crippen LogP contribution in [-0.2, 0) is 0 Å². The van der Waals surface area contributed by atoms with E-state index < -0.39 is 0 Å². The number of nitriles is 1. The van der Waals surface area contributed by atoms with Crippen LogP contribution in [0.4, 0.5) is 0 Å². The molecule has 47 heavy (non-hydrogen) atoms. The molecule has 10 rings (SSSR count). The highest BCUT2D eigenvalue weighted by atomic mass is 16.5. The first-order chi connectivity index (χ1) is 23.2. The first-order valence-electron chi connectivity index (χ1n) is 15.9. The van der Waals surface area contributed by atoms with Crippen LogP contribution >= 0.6 is 0 Å². The Bertz CT molecular complexity index is 2750. The Labute approximate surface area is 271 Å². The first kappa shape index (κ1) is 25.9. The van der Waals surface area contributed by atoms with Crippen LogP contribution in [0.3, 0.4) is 0 Å². The molecule has 0 atom stereocenters. The van der Waals surface area contributed by atoms with Crippen molar-refractivity contribution in [2.75, 3.05) is 0 Å². The maximum atomic E-state index is 9.69. The van der Waals surface area contributed by atoms with Gasteiger partial charge in [-0.2, -0.15) is 5.26 Å². The number of ether oxygens (including phenoxy) is 1. The molecule has 2 heteroatoms. The molecule has 1 aliphatic heterocycles. The van der Waals surface area contributed by atoms with Gasteiger partial charge in [0.1, 0.15) is 11.5 Å². The lowest BCUT2D eigenvalue weighted by atomic mass is 9.87. The van der Waals surface area contributed by atoms with Gasteiger partial charge in [0.05, 0.1) is 11.6 Å². The van der Waals surface area contributed by atoms with E-state index in [9.17, 15) is 5.26 Å². The highest BCUT2D eigenvalue weighted by molar-refractivity contribution is 6.27. The molecule has 0 saturated heterocycles. The third kappa shape index (κ3) is 3.78. The van der Waals surface area contributed by atoms with Crippen molar-refractivity contribution in [1.82, 2.24) is 0 Å². The van der Waals surface area contributed by atoms with Gasteiger partial charge in [0.25, 0.3) is 0 Å². The zero-order chi connectivity index (χ0) is 31.1. The fourth-order valence-electron chi connectivity index (χ4n) is 7.67. The topological polar surface area (TPSA) is 33.0 Å². The zero-order valence-electron chi connectivity index (χ0n) is 25.3. The van der Waals surface area contributed by atoms with Gasteiger partial charge in [-0.15, -0.1) is 0 Å². The van der Waals surface area contributed by atoms with Crippen molar-refractivity contribution in [3.05, 3.63) is 157 Å². The highest BCUT2D eigenvalue weighted by Crippen LogP contribution is 2.48. The Morgan fingerprint density at radius 3 is 1.70 bits per heavy atom. The molecule has 2 nitrogen and oxygen atoms in total. The first-order valence-corrected chi connectivity index (χ1v) is 15.9. The monoisotopic (exact) mass is 595 g/mol. The second-order valence-electron chi connectivity index (χ2n) is 12.4. The summed E-state index contributed by atoms with van der Waals surface area (Å²) in [5.41, 5.74) is 10.0. The van der Waals surface area contributed by atoms with E-state index >= 15 is 0 Å². The fraction of sp³-hybridized carbons (Fsp3) is 0. The van der Waals surface area contributed by atoms with E-state index in [0.29, 0.717) is 5.56 Å². The Kier molecular flexibility index (Phi) is 5.38. The number of benzene rings is 9. The lowest BCUT2D eigenvalue weighted by molar-refractivity contribution is 0.487. The van der Waals surface area contributed by atoms with E-state index in [-0.39, 0.29) is 0 Å². The molecule has 216 valence electrons. The lowest BCUT2D eigenvalue weighted by Crippen LogP contribution is -1.98. The molecule has 9 aromatic carbocycles. The molecule has 0 amide bonds. The molecule has 0 spiro atoms. The number of hydrogen-bond acceptors (Lipinski definition) is 2. The van der Waals surface area contributed by atoms with Crippen LogP contribution in [-0.4, -0.2) is 0 Å². The average molecular weight is 596 g/mol. The summed E-state index contributed by atoms with van der Waals surface area (Å²) < 4.78 is 6.33. The smallest absolute Gasteiger partial charge is 0.136 e. The van der Waals surface area contributed by atoms with E-state index in [4.69, 9.17) is 4.74 Å². The summed E-state index contributed by atoms with van der Waals surface area (Å²) in [6.45, 7) is 0. The molecule has 0 aromatic heterocycles. The number of hydrogen-bond donors (Lipinski definition) is 0. The van der Waals surface area contributed by atoms with Crippen molar-refractivity contribution in [2.24, 2.45) is 0 Å². The molecule has 0 radical (unpaired) electrons. The van der Waals surface area contributed by atoms with Crippen molar-refractivity contribution < 1.29 is 4.74 Å². The molecule has 0 bridgehead atoms. The van der Waals surface area contributed by atoms with Gasteiger partial charge >= 0.3 is 0 Å². The van der Waals surface area contributed by atoms with Crippen LogP contribution in [0.5, 0.6) is 11.5 Å². The predicted octanol–water partition coefficient (Wildman–Crippen LogP) is 12.4. The summed E-state index contributed by atoms with van der Waals surface area (Å²) >= 11 is 0. The Balaban J connectivity index is 1.08. The molecule has 9 aromatic rings. The van der Waals surface area contributed by atoms with Crippen molar-refractivity contribution in [1.29, 1.82) is 5.26 Å². The van der Waals surface area contributed by atoms with Gasteiger partial charge in [-0.1, -0.05) is 127 Å². The molecule has 0 unspecified atom stereocenters. The molecule has 0 N–H and O–H groups in total. The van der Waals surface area contributed by atoms with E-state index in [1.54, 1.807) is 0 Å². The summed E-state index contributed by atoms with van der Waals surface area (Å²) in [4.78, 5) is 0. The minimum atomic E-state index is 0.660. The van der Waals surface area contributed by atoms with E-state index in [0.717, 1.165) is 44.5 Å². The normalized spacial score (nSPS) is 12.0. The van der Waals surface area contributed by atoms with Gasteiger partial charge in [0, 0.05) is 16.3 Å². The largest absolute Gasteiger partial charge is 0.456 e. The summed E-state index contributed by atoms with van der Waals surface area (Å²) in [5.74, 6) is 1.63. The number of fused-ring (bicyclic) bond motifs is 2. The minimum absolute atomic E-state index is 0.660. The maximum absolute atomic E-state index is 9.69. The van der Waals surface area contributed by atoms with Crippen molar-refractivity contribution >= 4 is 43.1 Å². The third-order valence-corrected chi connectivity index (χ3v) is 9.89. The average Bonchev–Trinajstić information content (AvgIpc) is 3.14. The van der Waals surface area contributed by atoms with Gasteiger partial charge in [0.2, 0.25) is 0 Å². The van der Waals surface area contributed by atoms with Crippen LogP contribution in [0, 0.1) is 11.3 Å². The van der Waals surface area contributed by atoms with Gasteiger partial charge in [-0.25, -0.2) is 0 Å². The minimum Gasteiger partial charge on any atom is -0.456 e. The zero-order valence-corrected chi connectivity index (χ0v) is 25.3. The second-order valence-corrected chi connectivity index (χ2v) is 12.4. The summed E-state index contributed by atoms with van der Waals surface area (Å²) in [6, 6.07) is 56.4.